The summed E-state index contributed by atoms with van der Waals surface area (Å²) in [5, 5.41) is 0. The Kier molecular flexibility index (Phi) is 4.30. The molecule has 2 N–H and O–H groups in total. The lowest BCUT2D eigenvalue weighted by atomic mass is 10.1. The van der Waals surface area contributed by atoms with Gasteiger partial charge in [0.15, 0.2) is 0 Å². The van der Waals surface area contributed by atoms with Crippen LogP contribution in [0.5, 0.6) is 0 Å². The molecule has 0 unspecified atom stereocenters. The van der Waals surface area contributed by atoms with Crippen molar-refractivity contribution in [3.63, 3.8) is 0 Å². The van der Waals surface area contributed by atoms with Gasteiger partial charge in [0.2, 0.25) is 0 Å². The number of hydrogen-bond acceptors (Lipinski definition) is 4. The molecule has 0 fully saturated rings. The molecular weight excluding hydrogens is 218 g/mol. The number of rotatable bonds is 4. The molecule has 0 atom stereocenters. The maximum absolute atomic E-state index is 12.5. The van der Waals surface area contributed by atoms with Crippen molar-refractivity contribution in [1.82, 2.24) is 4.98 Å². The molecule has 0 radical (unpaired) electrons. The van der Waals surface area contributed by atoms with Crippen LogP contribution < -0.4 is 5.73 Å². The second-order valence-electron chi connectivity index (χ2n) is 3.10. The van der Waals surface area contributed by atoms with Gasteiger partial charge in [-0.05, 0) is 12.1 Å². The minimum absolute atomic E-state index is 0.0486. The highest BCUT2D eigenvalue weighted by atomic mass is 19.3. The number of ether oxygens (including phenoxy) is 1. The predicted octanol–water partition coefficient (Wildman–Crippen LogP) is 1.19. The molecule has 16 heavy (non-hydrogen) atoms. The van der Waals surface area contributed by atoms with Crippen LogP contribution in [-0.4, -0.2) is 18.1 Å². The van der Waals surface area contributed by atoms with Crippen molar-refractivity contribution in [3.05, 3.63) is 29.1 Å². The summed E-state index contributed by atoms with van der Waals surface area (Å²) >= 11 is 0. The van der Waals surface area contributed by atoms with E-state index in [1.54, 1.807) is 0 Å². The Hall–Kier alpha value is -1.56. The van der Waals surface area contributed by atoms with Crippen LogP contribution in [-0.2, 0) is 22.5 Å². The molecule has 6 heteroatoms. The molecule has 1 aromatic heterocycles. The Morgan fingerprint density at radius 3 is 2.75 bits per heavy atom. The molecule has 1 rings (SSSR count). The van der Waals surface area contributed by atoms with E-state index in [1.165, 1.54) is 19.2 Å². The summed E-state index contributed by atoms with van der Waals surface area (Å²) in [6.45, 7) is -0.0886. The van der Waals surface area contributed by atoms with Crippen molar-refractivity contribution in [2.75, 3.05) is 7.11 Å². The molecule has 0 bridgehead atoms. The summed E-state index contributed by atoms with van der Waals surface area (Å²) < 4.78 is 29.4. The van der Waals surface area contributed by atoms with E-state index in [0.717, 1.165) is 0 Å². The summed E-state index contributed by atoms with van der Waals surface area (Å²) in [5.41, 5.74) is 5.59. The third kappa shape index (κ3) is 2.96. The first-order valence-corrected chi connectivity index (χ1v) is 4.62. The Morgan fingerprint density at radius 1 is 1.56 bits per heavy atom. The van der Waals surface area contributed by atoms with E-state index >= 15 is 0 Å². The number of carbonyl (C=O) groups excluding carboxylic acids is 1. The molecule has 0 aromatic carbocycles. The van der Waals surface area contributed by atoms with Gasteiger partial charge in [-0.25, -0.2) is 8.78 Å². The van der Waals surface area contributed by atoms with E-state index in [-0.39, 0.29) is 24.2 Å². The maximum Gasteiger partial charge on any atom is 0.311 e. The van der Waals surface area contributed by atoms with Crippen LogP contribution in [0.2, 0.25) is 0 Å². The van der Waals surface area contributed by atoms with Crippen LogP contribution in [0.4, 0.5) is 8.78 Å². The average molecular weight is 230 g/mol. The van der Waals surface area contributed by atoms with E-state index in [4.69, 9.17) is 5.73 Å². The Labute approximate surface area is 91.4 Å². The average Bonchev–Trinajstić information content (AvgIpc) is 2.28. The lowest BCUT2D eigenvalue weighted by Gasteiger charge is -2.08. The molecule has 88 valence electrons. The Balaban J connectivity index is 2.95. The number of hydrogen-bond donors (Lipinski definition) is 1. The topological polar surface area (TPSA) is 65.2 Å². The lowest BCUT2D eigenvalue weighted by molar-refractivity contribution is -0.139. The lowest BCUT2D eigenvalue weighted by Crippen LogP contribution is -2.11. The monoisotopic (exact) mass is 230 g/mol. The van der Waals surface area contributed by atoms with Gasteiger partial charge < -0.3 is 10.5 Å². The van der Waals surface area contributed by atoms with Crippen molar-refractivity contribution in [1.29, 1.82) is 0 Å². The van der Waals surface area contributed by atoms with Gasteiger partial charge in [0, 0.05) is 12.1 Å². The number of alkyl halides is 2. The second-order valence-corrected chi connectivity index (χ2v) is 3.10. The minimum atomic E-state index is -2.61. The highest BCUT2D eigenvalue weighted by molar-refractivity contribution is 5.71. The van der Waals surface area contributed by atoms with Crippen LogP contribution in [0.3, 0.4) is 0 Å². The van der Waals surface area contributed by atoms with Gasteiger partial charge in [0.1, 0.15) is 0 Å². The van der Waals surface area contributed by atoms with Gasteiger partial charge in [-0.15, -0.1) is 0 Å². The summed E-state index contributed by atoms with van der Waals surface area (Å²) in [5.74, 6) is -0.472. The molecule has 0 aliphatic carbocycles. The van der Waals surface area contributed by atoms with Crippen molar-refractivity contribution in [2.45, 2.75) is 19.4 Å². The van der Waals surface area contributed by atoms with Crippen molar-refractivity contribution >= 4 is 5.97 Å². The fourth-order valence-electron chi connectivity index (χ4n) is 1.24. The highest BCUT2D eigenvalue weighted by Gasteiger charge is 2.14. The van der Waals surface area contributed by atoms with Crippen LogP contribution in [0, 0.1) is 0 Å². The van der Waals surface area contributed by atoms with E-state index in [9.17, 15) is 13.6 Å². The summed E-state index contributed by atoms with van der Waals surface area (Å²) in [4.78, 5) is 14.9. The summed E-state index contributed by atoms with van der Waals surface area (Å²) in [7, 11) is 1.25. The maximum atomic E-state index is 12.5. The number of esters is 1. The molecular formula is C10H12F2N2O2. The van der Waals surface area contributed by atoms with E-state index in [2.05, 4.69) is 9.72 Å². The fourth-order valence-corrected chi connectivity index (χ4v) is 1.24. The number of nitrogens with zero attached hydrogens (tertiary/aromatic N) is 1. The number of nitrogens with two attached hydrogens (primary N) is 1. The molecule has 4 nitrogen and oxygen atoms in total. The van der Waals surface area contributed by atoms with Gasteiger partial charge >= 0.3 is 5.97 Å². The molecule has 0 amide bonds. The third-order valence-electron chi connectivity index (χ3n) is 2.05. The third-order valence-corrected chi connectivity index (χ3v) is 2.05. The Bertz CT molecular complexity index is 383. The van der Waals surface area contributed by atoms with Crippen molar-refractivity contribution in [3.8, 4) is 0 Å². The Morgan fingerprint density at radius 2 is 2.25 bits per heavy atom. The highest BCUT2D eigenvalue weighted by Crippen LogP contribution is 2.21. The quantitative estimate of drug-likeness (QED) is 0.789. The summed E-state index contributed by atoms with van der Waals surface area (Å²) in [6.07, 6.45) is -2.66. The van der Waals surface area contributed by atoms with Crippen LogP contribution in [0.15, 0.2) is 12.1 Å². The van der Waals surface area contributed by atoms with Crippen LogP contribution in [0.25, 0.3) is 0 Å². The molecule has 0 aliphatic heterocycles. The number of pyridine rings is 1. The van der Waals surface area contributed by atoms with Gasteiger partial charge in [-0.3, -0.25) is 9.78 Å². The van der Waals surface area contributed by atoms with Crippen molar-refractivity contribution < 1.29 is 18.3 Å². The van der Waals surface area contributed by atoms with Crippen LogP contribution >= 0.6 is 0 Å². The van der Waals surface area contributed by atoms with Gasteiger partial charge in [-0.1, -0.05) is 0 Å². The fraction of sp³-hybridized carbons (Fsp3) is 0.400. The molecule has 1 heterocycles. The first kappa shape index (κ1) is 12.5. The number of halogens is 2. The standard InChI is InChI=1S/C10H12F2N2O2/c1-16-9(15)4-6-2-3-7(10(11)12)8(5-13)14-6/h2-3,10H,4-5,13H2,1H3. The first-order valence-electron chi connectivity index (χ1n) is 4.62. The SMILES string of the molecule is COC(=O)Cc1ccc(C(F)F)c(CN)n1. The smallest absolute Gasteiger partial charge is 0.311 e. The zero-order chi connectivity index (χ0) is 12.1. The molecule has 1 aromatic rings. The zero-order valence-corrected chi connectivity index (χ0v) is 8.74. The first-order chi connectivity index (χ1) is 7.58. The molecule has 0 saturated heterocycles. The molecule has 0 saturated carbocycles. The van der Waals surface area contributed by atoms with E-state index in [1.807, 2.05) is 0 Å². The molecule has 0 spiro atoms. The predicted molar refractivity (Wildman–Crippen MR) is 52.8 cm³/mol. The van der Waals surface area contributed by atoms with Gasteiger partial charge in [-0.2, -0.15) is 0 Å². The summed E-state index contributed by atoms with van der Waals surface area (Å²) in [6, 6.07) is 2.61. The second kappa shape index (κ2) is 5.50. The zero-order valence-electron chi connectivity index (χ0n) is 8.74. The van der Waals surface area contributed by atoms with Gasteiger partial charge in [0.25, 0.3) is 6.43 Å². The van der Waals surface area contributed by atoms with Crippen LogP contribution in [0.1, 0.15) is 23.4 Å². The number of methoxy groups -OCH3 is 1. The van der Waals surface area contributed by atoms with Crippen molar-refractivity contribution in [2.24, 2.45) is 5.73 Å². The van der Waals surface area contributed by atoms with E-state index in [0.29, 0.717) is 5.69 Å². The number of aromatic nitrogens is 1. The van der Waals surface area contributed by atoms with Gasteiger partial charge in [0.05, 0.1) is 24.9 Å². The molecule has 0 aliphatic rings. The normalized spacial score (nSPS) is 10.6. The number of carbonyl (C=O) groups is 1. The minimum Gasteiger partial charge on any atom is -0.469 e. The van der Waals surface area contributed by atoms with E-state index < -0.39 is 12.4 Å². The largest absolute Gasteiger partial charge is 0.469 e.